The van der Waals surface area contributed by atoms with E-state index in [4.69, 9.17) is 4.74 Å². The molecule has 0 aromatic carbocycles. The van der Waals surface area contributed by atoms with Crippen LogP contribution >= 0.6 is 0 Å². The molecule has 0 spiro atoms. The van der Waals surface area contributed by atoms with Gasteiger partial charge in [0.15, 0.2) is 0 Å². The highest BCUT2D eigenvalue weighted by atomic mass is 16.5. The summed E-state index contributed by atoms with van der Waals surface area (Å²) in [6.07, 6.45) is 5.53. The molecule has 0 N–H and O–H groups in total. The highest BCUT2D eigenvalue weighted by molar-refractivity contribution is 5.96. The van der Waals surface area contributed by atoms with Crippen LogP contribution in [-0.4, -0.2) is 49.7 Å². The summed E-state index contributed by atoms with van der Waals surface area (Å²) in [4.78, 5) is 22.6. The van der Waals surface area contributed by atoms with Crippen LogP contribution in [0.15, 0.2) is 18.6 Å². The lowest BCUT2D eigenvalue weighted by Crippen LogP contribution is -2.31. The number of aryl methyl sites for hydroxylation is 2. The Labute approximate surface area is 128 Å². The third-order valence-electron chi connectivity index (χ3n) is 3.98. The maximum Gasteiger partial charge on any atom is 0.257 e. The lowest BCUT2D eigenvalue weighted by Gasteiger charge is -2.17. The van der Waals surface area contributed by atoms with Crippen molar-refractivity contribution in [3.05, 3.63) is 35.5 Å². The Bertz CT molecular complexity index is 683. The molecule has 22 heavy (non-hydrogen) atoms. The van der Waals surface area contributed by atoms with Crippen LogP contribution in [0.5, 0.6) is 5.88 Å². The van der Waals surface area contributed by atoms with Crippen molar-refractivity contribution in [2.24, 2.45) is 7.05 Å². The Morgan fingerprint density at radius 1 is 1.36 bits per heavy atom. The minimum Gasteiger partial charge on any atom is -0.471 e. The molecule has 1 aliphatic rings. The first-order chi connectivity index (χ1) is 10.6. The number of amides is 1. The molecular weight excluding hydrogens is 282 g/mol. The summed E-state index contributed by atoms with van der Waals surface area (Å²) in [6.45, 7) is 5.02. The fraction of sp³-hybridized carbons (Fsp3) is 0.467. The van der Waals surface area contributed by atoms with Gasteiger partial charge in [0.25, 0.3) is 5.91 Å². The molecule has 1 atom stereocenters. The van der Waals surface area contributed by atoms with Gasteiger partial charge in [0.05, 0.1) is 24.0 Å². The van der Waals surface area contributed by atoms with Crippen LogP contribution in [0.3, 0.4) is 0 Å². The molecule has 2 aromatic heterocycles. The summed E-state index contributed by atoms with van der Waals surface area (Å²) in [7, 11) is 1.85. The van der Waals surface area contributed by atoms with E-state index in [0.29, 0.717) is 24.5 Å². The first-order valence-electron chi connectivity index (χ1n) is 7.28. The molecular formula is C15H19N5O2. The maximum absolute atomic E-state index is 12.7. The fourth-order valence-corrected chi connectivity index (χ4v) is 2.77. The van der Waals surface area contributed by atoms with E-state index in [1.54, 1.807) is 23.3 Å². The van der Waals surface area contributed by atoms with Crippen molar-refractivity contribution in [1.29, 1.82) is 0 Å². The van der Waals surface area contributed by atoms with Crippen molar-refractivity contribution in [2.75, 3.05) is 13.1 Å². The molecule has 2 aromatic rings. The first kappa shape index (κ1) is 14.5. The fourth-order valence-electron chi connectivity index (χ4n) is 2.77. The van der Waals surface area contributed by atoms with E-state index >= 15 is 0 Å². The minimum absolute atomic E-state index is 0.0216. The molecule has 1 fully saturated rings. The second-order valence-electron chi connectivity index (χ2n) is 5.49. The lowest BCUT2D eigenvalue weighted by atomic mass is 10.2. The molecule has 3 heterocycles. The molecule has 1 unspecified atom stereocenters. The van der Waals surface area contributed by atoms with Crippen molar-refractivity contribution in [2.45, 2.75) is 26.4 Å². The summed E-state index contributed by atoms with van der Waals surface area (Å²) in [6, 6.07) is 0. The topological polar surface area (TPSA) is 73.1 Å². The second kappa shape index (κ2) is 5.75. The number of carbonyl (C=O) groups is 1. The van der Waals surface area contributed by atoms with E-state index in [-0.39, 0.29) is 12.0 Å². The summed E-state index contributed by atoms with van der Waals surface area (Å²) >= 11 is 0. The summed E-state index contributed by atoms with van der Waals surface area (Å²) < 4.78 is 7.51. The van der Waals surface area contributed by atoms with Crippen LogP contribution in [0, 0.1) is 13.8 Å². The van der Waals surface area contributed by atoms with Crippen LogP contribution in [0.25, 0.3) is 0 Å². The van der Waals surface area contributed by atoms with Crippen molar-refractivity contribution < 1.29 is 9.53 Å². The predicted molar refractivity (Wildman–Crippen MR) is 79.7 cm³/mol. The smallest absolute Gasteiger partial charge is 0.257 e. The van der Waals surface area contributed by atoms with Gasteiger partial charge in [-0.2, -0.15) is 5.10 Å². The molecule has 116 valence electrons. The van der Waals surface area contributed by atoms with Crippen LogP contribution in [0.1, 0.15) is 28.2 Å². The number of hydrogen-bond acceptors (Lipinski definition) is 5. The highest BCUT2D eigenvalue weighted by Crippen LogP contribution is 2.20. The van der Waals surface area contributed by atoms with Gasteiger partial charge < -0.3 is 9.64 Å². The van der Waals surface area contributed by atoms with Gasteiger partial charge in [-0.3, -0.25) is 14.5 Å². The Balaban J connectivity index is 1.68. The molecule has 1 aliphatic heterocycles. The molecule has 7 nitrogen and oxygen atoms in total. The number of aromatic nitrogens is 4. The normalized spacial score (nSPS) is 17.8. The van der Waals surface area contributed by atoms with Gasteiger partial charge in [0, 0.05) is 38.1 Å². The maximum atomic E-state index is 12.7. The van der Waals surface area contributed by atoms with Crippen LogP contribution in [-0.2, 0) is 7.05 Å². The Morgan fingerprint density at radius 3 is 2.82 bits per heavy atom. The molecule has 3 rings (SSSR count). The third kappa shape index (κ3) is 2.66. The molecule has 1 saturated heterocycles. The molecule has 0 saturated carbocycles. The van der Waals surface area contributed by atoms with Crippen molar-refractivity contribution in [1.82, 2.24) is 24.6 Å². The standard InChI is InChI=1S/C15H19N5O2/c1-10-14(11(2)19(3)18-10)15(21)20-7-4-12(9-20)22-13-8-16-5-6-17-13/h5-6,8,12H,4,7,9H2,1-3H3. The van der Waals surface area contributed by atoms with Crippen LogP contribution in [0.4, 0.5) is 0 Å². The average Bonchev–Trinajstić information content (AvgIpc) is 3.05. The van der Waals surface area contributed by atoms with E-state index < -0.39 is 0 Å². The molecule has 0 aliphatic carbocycles. The number of likely N-dealkylation sites (tertiary alicyclic amines) is 1. The van der Waals surface area contributed by atoms with Gasteiger partial charge in [-0.25, -0.2) is 4.98 Å². The monoisotopic (exact) mass is 301 g/mol. The van der Waals surface area contributed by atoms with Crippen molar-refractivity contribution in [3.8, 4) is 5.88 Å². The average molecular weight is 301 g/mol. The molecule has 0 bridgehead atoms. The zero-order chi connectivity index (χ0) is 15.7. The third-order valence-corrected chi connectivity index (χ3v) is 3.98. The lowest BCUT2D eigenvalue weighted by molar-refractivity contribution is 0.0769. The van der Waals surface area contributed by atoms with E-state index in [9.17, 15) is 4.79 Å². The predicted octanol–water partition coefficient (Wildman–Crippen LogP) is 1.12. The first-order valence-corrected chi connectivity index (χ1v) is 7.28. The largest absolute Gasteiger partial charge is 0.471 e. The SMILES string of the molecule is Cc1nn(C)c(C)c1C(=O)N1CCC(Oc2cnccn2)C1. The van der Waals surface area contributed by atoms with Gasteiger partial charge in [0.2, 0.25) is 5.88 Å². The van der Waals surface area contributed by atoms with E-state index in [0.717, 1.165) is 17.8 Å². The van der Waals surface area contributed by atoms with Crippen LogP contribution < -0.4 is 4.74 Å². The quantitative estimate of drug-likeness (QED) is 0.849. The highest BCUT2D eigenvalue weighted by Gasteiger charge is 2.31. The molecule has 0 radical (unpaired) electrons. The summed E-state index contributed by atoms with van der Waals surface area (Å²) in [5, 5.41) is 4.31. The number of ether oxygens (including phenoxy) is 1. The summed E-state index contributed by atoms with van der Waals surface area (Å²) in [5.74, 6) is 0.517. The Morgan fingerprint density at radius 2 is 2.18 bits per heavy atom. The van der Waals surface area contributed by atoms with Gasteiger partial charge in [0.1, 0.15) is 6.10 Å². The zero-order valence-electron chi connectivity index (χ0n) is 13.0. The van der Waals surface area contributed by atoms with E-state index in [2.05, 4.69) is 15.1 Å². The van der Waals surface area contributed by atoms with Gasteiger partial charge in [-0.15, -0.1) is 0 Å². The van der Waals surface area contributed by atoms with E-state index in [1.165, 1.54) is 0 Å². The van der Waals surface area contributed by atoms with Crippen molar-refractivity contribution in [3.63, 3.8) is 0 Å². The van der Waals surface area contributed by atoms with Gasteiger partial charge in [-0.1, -0.05) is 0 Å². The zero-order valence-corrected chi connectivity index (χ0v) is 13.0. The number of carbonyl (C=O) groups excluding carboxylic acids is 1. The number of hydrogen-bond donors (Lipinski definition) is 0. The second-order valence-corrected chi connectivity index (χ2v) is 5.49. The number of nitrogens with zero attached hydrogens (tertiary/aromatic N) is 5. The summed E-state index contributed by atoms with van der Waals surface area (Å²) in [5.41, 5.74) is 2.35. The van der Waals surface area contributed by atoms with E-state index in [1.807, 2.05) is 25.8 Å². The minimum atomic E-state index is -0.0436. The molecule has 7 heteroatoms. The van der Waals surface area contributed by atoms with Crippen LogP contribution in [0.2, 0.25) is 0 Å². The van der Waals surface area contributed by atoms with Crippen molar-refractivity contribution >= 4 is 5.91 Å². The number of rotatable bonds is 3. The Hall–Kier alpha value is -2.44. The molecule has 1 amide bonds. The Kier molecular flexibility index (Phi) is 3.79. The van der Waals surface area contributed by atoms with Gasteiger partial charge >= 0.3 is 0 Å². The van der Waals surface area contributed by atoms with Gasteiger partial charge in [-0.05, 0) is 13.8 Å².